The fraction of sp³-hybridized carbons (Fsp3) is 0.467. The van der Waals surface area contributed by atoms with Crippen molar-refractivity contribution in [2.75, 3.05) is 13.1 Å². The highest BCUT2D eigenvalue weighted by Gasteiger charge is 2.11. The Kier molecular flexibility index (Phi) is 9.19. The Hall–Kier alpha value is -1.23. The van der Waals surface area contributed by atoms with Gasteiger partial charge in [0.25, 0.3) is 0 Å². The highest BCUT2D eigenvalue weighted by Crippen LogP contribution is 2.17. The van der Waals surface area contributed by atoms with Crippen molar-refractivity contribution in [1.82, 2.24) is 20.2 Å². The molecule has 0 amide bonds. The zero-order valence-electron chi connectivity index (χ0n) is 13.6. The summed E-state index contributed by atoms with van der Waals surface area (Å²) in [7, 11) is 0. The third-order valence-electron chi connectivity index (χ3n) is 3.37. The summed E-state index contributed by atoms with van der Waals surface area (Å²) in [4.78, 5) is 8.26. The molecule has 5 nitrogen and oxygen atoms in total. The molecule has 2 heterocycles. The van der Waals surface area contributed by atoms with Crippen LogP contribution in [0.2, 0.25) is 0 Å². The van der Waals surface area contributed by atoms with Gasteiger partial charge < -0.3 is 10.6 Å². The van der Waals surface area contributed by atoms with Gasteiger partial charge in [-0.05, 0) is 35.2 Å². The minimum Gasteiger partial charge on any atom is -0.357 e. The number of rotatable bonds is 7. The van der Waals surface area contributed by atoms with Crippen LogP contribution in [0, 0.1) is 0 Å². The molecule has 2 N–H and O–H groups in total. The first-order valence-electron chi connectivity index (χ1n) is 7.46. The molecule has 0 saturated heterocycles. The number of nitrogens with zero attached hydrogens (tertiary/aromatic N) is 3. The number of nitrogens with one attached hydrogen (secondary N) is 2. The van der Waals surface area contributed by atoms with Crippen LogP contribution in [0.1, 0.15) is 37.7 Å². The SMILES string of the molecule is CCNC(=NCc1nccn1C(F)F)NCC(C)c1ccsc1.I. The maximum atomic E-state index is 12.8. The van der Waals surface area contributed by atoms with Crippen molar-refractivity contribution in [1.29, 1.82) is 0 Å². The van der Waals surface area contributed by atoms with E-state index in [9.17, 15) is 8.78 Å². The van der Waals surface area contributed by atoms with Crippen molar-refractivity contribution in [2.24, 2.45) is 4.99 Å². The van der Waals surface area contributed by atoms with E-state index in [4.69, 9.17) is 0 Å². The van der Waals surface area contributed by atoms with Gasteiger partial charge in [-0.2, -0.15) is 20.1 Å². The molecule has 2 aromatic rings. The van der Waals surface area contributed by atoms with E-state index in [-0.39, 0.29) is 36.3 Å². The van der Waals surface area contributed by atoms with Gasteiger partial charge in [0.15, 0.2) is 5.96 Å². The van der Waals surface area contributed by atoms with Crippen molar-refractivity contribution >= 4 is 41.3 Å². The average Bonchev–Trinajstić information content (AvgIpc) is 3.20. The molecule has 0 fully saturated rings. The minimum atomic E-state index is -2.60. The van der Waals surface area contributed by atoms with Gasteiger partial charge in [-0.1, -0.05) is 6.92 Å². The van der Waals surface area contributed by atoms with Gasteiger partial charge in [-0.25, -0.2) is 9.98 Å². The Morgan fingerprint density at radius 1 is 1.42 bits per heavy atom. The van der Waals surface area contributed by atoms with Crippen molar-refractivity contribution in [3.8, 4) is 0 Å². The topological polar surface area (TPSA) is 54.2 Å². The summed E-state index contributed by atoms with van der Waals surface area (Å²) in [5.74, 6) is 1.18. The van der Waals surface area contributed by atoms with E-state index in [1.165, 1.54) is 18.0 Å². The van der Waals surface area contributed by atoms with Crippen LogP contribution >= 0.6 is 35.3 Å². The molecule has 1 unspecified atom stereocenters. The number of aliphatic imine (C=N–C) groups is 1. The molecule has 0 aromatic carbocycles. The van der Waals surface area contributed by atoms with Gasteiger partial charge in [0, 0.05) is 25.5 Å². The van der Waals surface area contributed by atoms with Gasteiger partial charge in [-0.3, -0.25) is 4.57 Å². The second kappa shape index (κ2) is 10.6. The predicted octanol–water partition coefficient (Wildman–Crippen LogP) is 3.82. The summed E-state index contributed by atoms with van der Waals surface area (Å²) < 4.78 is 26.4. The van der Waals surface area contributed by atoms with E-state index in [0.717, 1.165) is 4.57 Å². The molecule has 2 aromatic heterocycles. The molecule has 0 aliphatic rings. The van der Waals surface area contributed by atoms with Crippen molar-refractivity contribution < 1.29 is 8.78 Å². The summed E-state index contributed by atoms with van der Waals surface area (Å²) in [6.45, 7) is 2.99. The molecular weight excluding hydrogens is 447 g/mol. The number of aromatic nitrogens is 2. The molecule has 1 atom stereocenters. The highest BCUT2D eigenvalue weighted by molar-refractivity contribution is 14.0. The molecule has 9 heteroatoms. The fourth-order valence-electron chi connectivity index (χ4n) is 2.06. The Morgan fingerprint density at radius 2 is 2.21 bits per heavy atom. The van der Waals surface area contributed by atoms with Crippen molar-refractivity contribution in [3.05, 3.63) is 40.6 Å². The summed E-state index contributed by atoms with van der Waals surface area (Å²) in [5.41, 5.74) is 1.27. The normalized spacial score (nSPS) is 12.8. The van der Waals surface area contributed by atoms with E-state index in [2.05, 4.69) is 44.4 Å². The standard InChI is InChI=1S/C15H21F2N5S.HI/c1-3-18-15(20-8-11(2)12-4-7-23-10-12)21-9-13-19-5-6-22(13)14(16)17;/h4-7,10-11,14H,3,8-9H2,1-2H3,(H2,18,20,21);1H. The summed E-state index contributed by atoms with van der Waals surface area (Å²) in [6.07, 6.45) is 2.62. The minimum absolute atomic E-state index is 0. The maximum absolute atomic E-state index is 12.8. The number of imidazole rings is 1. The van der Waals surface area contributed by atoms with Gasteiger partial charge in [0.2, 0.25) is 0 Å². The largest absolute Gasteiger partial charge is 0.357 e. The molecule has 0 bridgehead atoms. The quantitative estimate of drug-likeness (QED) is 0.369. The Morgan fingerprint density at radius 3 is 2.83 bits per heavy atom. The van der Waals surface area contributed by atoms with Crippen LogP contribution < -0.4 is 10.6 Å². The third-order valence-corrected chi connectivity index (χ3v) is 4.07. The van der Waals surface area contributed by atoms with Crippen LogP contribution in [0.15, 0.2) is 34.2 Å². The van der Waals surface area contributed by atoms with Crippen molar-refractivity contribution in [3.63, 3.8) is 0 Å². The van der Waals surface area contributed by atoms with Crippen LogP contribution in [0.25, 0.3) is 0 Å². The second-order valence-electron chi connectivity index (χ2n) is 5.06. The van der Waals surface area contributed by atoms with Gasteiger partial charge >= 0.3 is 6.55 Å². The zero-order chi connectivity index (χ0) is 16.7. The number of halogens is 3. The first-order valence-corrected chi connectivity index (χ1v) is 8.40. The van der Waals surface area contributed by atoms with Crippen LogP contribution in [0.4, 0.5) is 8.78 Å². The molecular formula is C15H22F2IN5S. The van der Waals surface area contributed by atoms with Crippen LogP contribution in [0.3, 0.4) is 0 Å². The molecule has 24 heavy (non-hydrogen) atoms. The summed E-state index contributed by atoms with van der Waals surface area (Å²) >= 11 is 1.67. The number of alkyl halides is 2. The predicted molar refractivity (Wildman–Crippen MR) is 104 cm³/mol. The lowest BCUT2D eigenvalue weighted by Crippen LogP contribution is -2.39. The van der Waals surface area contributed by atoms with E-state index >= 15 is 0 Å². The van der Waals surface area contributed by atoms with Crippen LogP contribution in [0.5, 0.6) is 0 Å². The zero-order valence-corrected chi connectivity index (χ0v) is 16.7. The molecule has 2 rings (SSSR count). The molecule has 0 aliphatic heterocycles. The monoisotopic (exact) mass is 469 g/mol. The second-order valence-corrected chi connectivity index (χ2v) is 5.84. The maximum Gasteiger partial charge on any atom is 0.319 e. The lowest BCUT2D eigenvalue weighted by atomic mass is 10.1. The Bertz CT molecular complexity index is 615. The number of hydrogen-bond donors (Lipinski definition) is 2. The molecule has 0 radical (unpaired) electrons. The number of guanidine groups is 1. The van der Waals surface area contributed by atoms with E-state index in [1.54, 1.807) is 11.3 Å². The van der Waals surface area contributed by atoms with E-state index < -0.39 is 6.55 Å². The third kappa shape index (κ3) is 6.00. The fourth-order valence-corrected chi connectivity index (χ4v) is 2.84. The molecule has 0 aliphatic carbocycles. The lowest BCUT2D eigenvalue weighted by molar-refractivity contribution is 0.0671. The average molecular weight is 469 g/mol. The first-order chi connectivity index (χ1) is 11.1. The van der Waals surface area contributed by atoms with Gasteiger partial charge in [0.1, 0.15) is 12.4 Å². The summed E-state index contributed by atoms with van der Waals surface area (Å²) in [6, 6.07) is 2.10. The highest BCUT2D eigenvalue weighted by atomic mass is 127. The Labute approximate surface area is 161 Å². The first kappa shape index (κ1) is 20.8. The van der Waals surface area contributed by atoms with Gasteiger partial charge in [-0.15, -0.1) is 24.0 Å². The Balaban J connectivity index is 0.00000288. The number of hydrogen-bond acceptors (Lipinski definition) is 3. The molecule has 0 saturated carbocycles. The smallest absolute Gasteiger partial charge is 0.319 e. The van der Waals surface area contributed by atoms with E-state index in [1.807, 2.05) is 6.92 Å². The van der Waals surface area contributed by atoms with E-state index in [0.29, 0.717) is 25.0 Å². The molecule has 0 spiro atoms. The number of thiophene rings is 1. The molecule has 134 valence electrons. The van der Waals surface area contributed by atoms with Crippen LogP contribution in [-0.4, -0.2) is 28.6 Å². The van der Waals surface area contributed by atoms with Crippen LogP contribution in [-0.2, 0) is 6.54 Å². The van der Waals surface area contributed by atoms with Crippen molar-refractivity contribution in [2.45, 2.75) is 32.9 Å². The van der Waals surface area contributed by atoms with Gasteiger partial charge in [0.05, 0.1) is 0 Å². The lowest BCUT2D eigenvalue weighted by Gasteiger charge is -2.15. The summed E-state index contributed by atoms with van der Waals surface area (Å²) in [5, 5.41) is 10.5.